The van der Waals surface area contributed by atoms with Crippen molar-refractivity contribution < 1.29 is 27.5 Å². The molecule has 22 heavy (non-hydrogen) atoms. The lowest BCUT2D eigenvalue weighted by molar-refractivity contribution is -0.164. The molecule has 2 N–H and O–H groups in total. The maximum Gasteiger partial charge on any atom is 0.412 e. The van der Waals surface area contributed by atoms with E-state index >= 15 is 0 Å². The van der Waals surface area contributed by atoms with Crippen LogP contribution >= 0.6 is 0 Å². The Labute approximate surface area is 124 Å². The fourth-order valence-corrected chi connectivity index (χ4v) is 2.20. The van der Waals surface area contributed by atoms with Gasteiger partial charge in [-0.1, -0.05) is 12.1 Å². The third kappa shape index (κ3) is 3.69. The fraction of sp³-hybridized carbons (Fsp3) is 0.429. The molecule has 2 atom stereocenters. The number of methoxy groups -OCH3 is 1. The van der Waals surface area contributed by atoms with Crippen molar-refractivity contribution in [2.24, 2.45) is 0 Å². The maximum absolute atomic E-state index is 13.2. The van der Waals surface area contributed by atoms with Crippen LogP contribution in [0.25, 0.3) is 0 Å². The predicted molar refractivity (Wildman–Crippen MR) is 71.1 cm³/mol. The zero-order chi connectivity index (χ0) is 16.3. The summed E-state index contributed by atoms with van der Waals surface area (Å²) >= 11 is 0. The van der Waals surface area contributed by atoms with Crippen LogP contribution in [0.3, 0.4) is 0 Å². The molecule has 2 amide bonds. The van der Waals surface area contributed by atoms with Crippen molar-refractivity contribution in [1.82, 2.24) is 10.6 Å². The normalized spacial score (nSPS) is 19.5. The molecule has 1 fully saturated rings. The van der Waals surface area contributed by atoms with E-state index < -0.39 is 24.2 Å². The van der Waals surface area contributed by atoms with Gasteiger partial charge in [0.15, 0.2) is 6.04 Å². The standard InChI is InChI=1S/C14H15F3N2O3/c1-22-9-4-2-8(3-5-9)12(14(15,16)17)19-13(21)10-6-7-11(20)18-10/h2-5,10,12H,6-7H2,1H3,(H,18,20)(H,19,21)/t10-,12-/m0/s1. The van der Waals surface area contributed by atoms with Gasteiger partial charge in [0.2, 0.25) is 11.8 Å². The Morgan fingerprint density at radius 1 is 1.36 bits per heavy atom. The lowest BCUT2D eigenvalue weighted by atomic mass is 10.1. The molecular weight excluding hydrogens is 301 g/mol. The van der Waals surface area contributed by atoms with Crippen LogP contribution < -0.4 is 15.4 Å². The van der Waals surface area contributed by atoms with Gasteiger partial charge in [-0.3, -0.25) is 9.59 Å². The van der Waals surface area contributed by atoms with Crippen molar-refractivity contribution in [2.45, 2.75) is 31.1 Å². The van der Waals surface area contributed by atoms with Crippen LogP contribution in [-0.4, -0.2) is 31.1 Å². The molecule has 8 heteroatoms. The highest BCUT2D eigenvalue weighted by Crippen LogP contribution is 2.33. The van der Waals surface area contributed by atoms with Crippen molar-refractivity contribution in [3.05, 3.63) is 29.8 Å². The molecule has 0 spiro atoms. The minimum Gasteiger partial charge on any atom is -0.497 e. The van der Waals surface area contributed by atoms with Crippen molar-refractivity contribution in [3.8, 4) is 5.75 Å². The van der Waals surface area contributed by atoms with Gasteiger partial charge >= 0.3 is 6.18 Å². The second kappa shape index (κ2) is 6.25. The number of rotatable bonds is 4. The molecule has 2 rings (SSSR count). The zero-order valence-electron chi connectivity index (χ0n) is 11.7. The van der Waals surface area contributed by atoms with Gasteiger partial charge in [-0.05, 0) is 24.1 Å². The molecule has 0 bridgehead atoms. The Kier molecular flexibility index (Phi) is 4.58. The minimum absolute atomic E-state index is 0.106. The predicted octanol–water partition coefficient (Wildman–Crippen LogP) is 1.69. The Balaban J connectivity index is 2.15. The summed E-state index contributed by atoms with van der Waals surface area (Å²) in [5, 5.41) is 4.30. The number of carbonyl (C=O) groups is 2. The smallest absolute Gasteiger partial charge is 0.412 e. The van der Waals surface area contributed by atoms with Crippen molar-refractivity contribution >= 4 is 11.8 Å². The van der Waals surface area contributed by atoms with E-state index in [2.05, 4.69) is 5.32 Å². The Morgan fingerprint density at radius 2 is 2.00 bits per heavy atom. The number of alkyl halides is 3. The van der Waals surface area contributed by atoms with Crippen LogP contribution in [0.15, 0.2) is 24.3 Å². The monoisotopic (exact) mass is 316 g/mol. The average Bonchev–Trinajstić information content (AvgIpc) is 2.90. The summed E-state index contributed by atoms with van der Waals surface area (Å²) < 4.78 is 44.4. The van der Waals surface area contributed by atoms with Gasteiger partial charge in [0.25, 0.3) is 0 Å². The van der Waals surface area contributed by atoms with Crippen LogP contribution in [0.4, 0.5) is 13.2 Å². The second-order valence-electron chi connectivity index (χ2n) is 4.92. The van der Waals surface area contributed by atoms with Gasteiger partial charge in [-0.25, -0.2) is 0 Å². The molecular formula is C14H15F3N2O3. The number of hydrogen-bond acceptors (Lipinski definition) is 3. The summed E-state index contributed by atoms with van der Waals surface area (Å²) in [5.74, 6) is -0.767. The average molecular weight is 316 g/mol. The highest BCUT2D eigenvalue weighted by atomic mass is 19.4. The van der Waals surface area contributed by atoms with E-state index in [0.29, 0.717) is 5.75 Å². The lowest BCUT2D eigenvalue weighted by Gasteiger charge is -2.23. The number of amides is 2. The number of hydrogen-bond donors (Lipinski definition) is 2. The van der Waals surface area contributed by atoms with E-state index in [1.807, 2.05) is 5.32 Å². The molecule has 1 saturated heterocycles. The first-order chi connectivity index (χ1) is 10.3. The summed E-state index contributed by atoms with van der Waals surface area (Å²) in [5.41, 5.74) is -0.106. The van der Waals surface area contributed by atoms with Gasteiger partial charge < -0.3 is 15.4 Å². The largest absolute Gasteiger partial charge is 0.497 e. The van der Waals surface area contributed by atoms with E-state index in [-0.39, 0.29) is 24.3 Å². The summed E-state index contributed by atoms with van der Waals surface area (Å²) in [6, 6.07) is 2.20. The first-order valence-electron chi connectivity index (χ1n) is 6.61. The summed E-state index contributed by atoms with van der Waals surface area (Å²) in [6.07, 6.45) is -4.32. The SMILES string of the molecule is COc1ccc([C@H](NC(=O)[C@@H]2CCC(=O)N2)C(F)(F)F)cc1. The number of halogens is 3. The first-order valence-corrected chi connectivity index (χ1v) is 6.61. The number of carbonyl (C=O) groups excluding carboxylic acids is 2. The highest BCUT2D eigenvalue weighted by molar-refractivity contribution is 5.91. The van der Waals surface area contributed by atoms with Gasteiger partial charge in [-0.15, -0.1) is 0 Å². The lowest BCUT2D eigenvalue weighted by Crippen LogP contribution is -2.46. The topological polar surface area (TPSA) is 67.4 Å². The second-order valence-corrected chi connectivity index (χ2v) is 4.92. The number of ether oxygens (including phenoxy) is 1. The molecule has 0 saturated carbocycles. The molecule has 1 aromatic carbocycles. The zero-order valence-corrected chi connectivity index (χ0v) is 11.7. The van der Waals surface area contributed by atoms with Gasteiger partial charge in [0, 0.05) is 6.42 Å². The van der Waals surface area contributed by atoms with E-state index in [1.165, 1.54) is 31.4 Å². The molecule has 1 aliphatic heterocycles. The van der Waals surface area contributed by atoms with E-state index in [0.717, 1.165) is 0 Å². The molecule has 5 nitrogen and oxygen atoms in total. The summed E-state index contributed by atoms with van der Waals surface area (Å²) in [6.45, 7) is 0. The molecule has 1 aliphatic rings. The van der Waals surface area contributed by atoms with Crippen LogP contribution in [0.5, 0.6) is 5.75 Å². The van der Waals surface area contributed by atoms with Crippen molar-refractivity contribution in [3.63, 3.8) is 0 Å². The third-order valence-electron chi connectivity index (χ3n) is 3.37. The fourth-order valence-electron chi connectivity index (χ4n) is 2.20. The maximum atomic E-state index is 13.2. The Hall–Kier alpha value is -2.25. The van der Waals surface area contributed by atoms with Crippen molar-refractivity contribution in [1.29, 1.82) is 0 Å². The van der Waals surface area contributed by atoms with Gasteiger partial charge in [0.05, 0.1) is 7.11 Å². The molecule has 1 heterocycles. The minimum atomic E-state index is -4.65. The van der Waals surface area contributed by atoms with E-state index in [9.17, 15) is 22.8 Å². The molecule has 120 valence electrons. The molecule has 0 unspecified atom stereocenters. The third-order valence-corrected chi connectivity index (χ3v) is 3.37. The van der Waals surface area contributed by atoms with Crippen LogP contribution in [-0.2, 0) is 9.59 Å². The number of nitrogens with one attached hydrogen (secondary N) is 2. The highest BCUT2D eigenvalue weighted by Gasteiger charge is 2.43. The van der Waals surface area contributed by atoms with Gasteiger partial charge in [0.1, 0.15) is 11.8 Å². The quantitative estimate of drug-likeness (QED) is 0.888. The van der Waals surface area contributed by atoms with E-state index in [1.54, 1.807) is 0 Å². The Morgan fingerprint density at radius 3 is 2.45 bits per heavy atom. The molecule has 0 aliphatic carbocycles. The Bertz CT molecular complexity index is 557. The first kappa shape index (κ1) is 16.1. The summed E-state index contributed by atoms with van der Waals surface area (Å²) in [7, 11) is 1.40. The van der Waals surface area contributed by atoms with Gasteiger partial charge in [-0.2, -0.15) is 13.2 Å². The van der Waals surface area contributed by atoms with E-state index in [4.69, 9.17) is 4.74 Å². The molecule has 0 aromatic heterocycles. The number of benzene rings is 1. The molecule has 0 radical (unpaired) electrons. The van der Waals surface area contributed by atoms with Crippen LogP contribution in [0.1, 0.15) is 24.4 Å². The van der Waals surface area contributed by atoms with Crippen molar-refractivity contribution in [2.75, 3.05) is 7.11 Å². The molecule has 1 aromatic rings. The van der Waals surface area contributed by atoms with Crippen LogP contribution in [0.2, 0.25) is 0 Å². The summed E-state index contributed by atoms with van der Waals surface area (Å²) in [4.78, 5) is 22.9. The van der Waals surface area contributed by atoms with Crippen LogP contribution in [0, 0.1) is 0 Å².